The number of rotatable bonds is 1. The molecule has 1 aromatic carbocycles. The van der Waals surface area contributed by atoms with Crippen molar-refractivity contribution in [3.63, 3.8) is 0 Å². The minimum absolute atomic E-state index is 0.0915. The minimum atomic E-state index is -1.48. The summed E-state index contributed by atoms with van der Waals surface area (Å²) in [5.74, 6) is 0.797. The number of aliphatic hydroxyl groups is 1. The van der Waals surface area contributed by atoms with Gasteiger partial charge in [-0.1, -0.05) is 12.1 Å². The monoisotopic (exact) mass is 227 g/mol. The van der Waals surface area contributed by atoms with E-state index in [9.17, 15) is 5.11 Å². The van der Waals surface area contributed by atoms with Crippen LogP contribution in [0, 0.1) is 22.7 Å². The molecule has 17 heavy (non-hydrogen) atoms. The van der Waals surface area contributed by atoms with Gasteiger partial charge in [-0.2, -0.15) is 10.5 Å². The number of hydrogen-bond acceptors (Lipinski definition) is 5. The summed E-state index contributed by atoms with van der Waals surface area (Å²) in [5.41, 5.74) is 0.701. The van der Waals surface area contributed by atoms with E-state index in [0.717, 1.165) is 5.69 Å². The maximum atomic E-state index is 9.43. The predicted octanol–water partition coefficient (Wildman–Crippen LogP) is 1.13. The third-order valence-corrected chi connectivity index (χ3v) is 2.48. The second-order valence-electron chi connectivity index (χ2n) is 3.49. The Bertz CT molecular complexity index is 566. The second kappa shape index (κ2) is 4.17. The van der Waals surface area contributed by atoms with Crippen LogP contribution < -0.4 is 9.64 Å². The maximum absolute atomic E-state index is 9.43. The topological polar surface area (TPSA) is 80.3 Å². The molecule has 1 unspecified atom stereocenters. The highest BCUT2D eigenvalue weighted by Crippen LogP contribution is 2.38. The van der Waals surface area contributed by atoms with Gasteiger partial charge >= 0.3 is 0 Å². The molecule has 0 saturated carbocycles. The number of para-hydroxylation sites is 2. The molecule has 1 aliphatic heterocycles. The molecule has 84 valence electrons. The molecule has 0 radical (unpaired) electrons. The van der Waals surface area contributed by atoms with Gasteiger partial charge in [0.2, 0.25) is 5.88 Å². The Labute approximate surface area is 98.4 Å². The van der Waals surface area contributed by atoms with Gasteiger partial charge in [-0.15, -0.1) is 0 Å². The van der Waals surface area contributed by atoms with E-state index >= 15 is 0 Å². The molecule has 1 heterocycles. The predicted molar refractivity (Wildman–Crippen MR) is 59.7 cm³/mol. The van der Waals surface area contributed by atoms with E-state index in [0.29, 0.717) is 5.75 Å². The lowest BCUT2D eigenvalue weighted by molar-refractivity contribution is 0.263. The summed E-state index contributed by atoms with van der Waals surface area (Å²) in [4.78, 5) is 1.63. The number of anilines is 1. The first-order valence-corrected chi connectivity index (χ1v) is 4.91. The quantitative estimate of drug-likeness (QED) is 0.574. The Hall–Kier alpha value is -2.50. The molecule has 2 rings (SSSR count). The SMILES string of the molecule is CN1/C(=C(\C#N)C(O)C#N)Oc2ccccc21. The maximum Gasteiger partial charge on any atom is 0.218 e. The van der Waals surface area contributed by atoms with Crippen LogP contribution in [0.4, 0.5) is 5.69 Å². The zero-order valence-corrected chi connectivity index (χ0v) is 9.08. The van der Waals surface area contributed by atoms with E-state index in [2.05, 4.69) is 0 Å². The van der Waals surface area contributed by atoms with E-state index in [1.807, 2.05) is 18.2 Å². The van der Waals surface area contributed by atoms with Crippen LogP contribution >= 0.6 is 0 Å². The fraction of sp³-hybridized carbons (Fsp3) is 0.167. The summed E-state index contributed by atoms with van der Waals surface area (Å²) in [7, 11) is 1.71. The van der Waals surface area contributed by atoms with E-state index in [1.165, 1.54) is 0 Å². The van der Waals surface area contributed by atoms with Crippen molar-refractivity contribution in [2.24, 2.45) is 0 Å². The fourth-order valence-electron chi connectivity index (χ4n) is 1.63. The highest BCUT2D eigenvalue weighted by atomic mass is 16.5. The summed E-state index contributed by atoms with van der Waals surface area (Å²) < 4.78 is 5.47. The Morgan fingerprint density at radius 1 is 1.41 bits per heavy atom. The molecule has 0 fully saturated rings. The molecule has 1 N–H and O–H groups in total. The van der Waals surface area contributed by atoms with Crippen molar-refractivity contribution >= 4 is 5.69 Å². The van der Waals surface area contributed by atoms with Crippen molar-refractivity contribution in [2.45, 2.75) is 6.10 Å². The fourth-order valence-corrected chi connectivity index (χ4v) is 1.63. The van der Waals surface area contributed by atoms with Crippen molar-refractivity contribution < 1.29 is 9.84 Å². The first kappa shape index (κ1) is 11.0. The van der Waals surface area contributed by atoms with Crippen molar-refractivity contribution in [2.75, 3.05) is 11.9 Å². The average Bonchev–Trinajstić information content (AvgIpc) is 2.68. The van der Waals surface area contributed by atoms with Gasteiger partial charge in [0.05, 0.1) is 11.8 Å². The Morgan fingerprint density at radius 2 is 2.12 bits per heavy atom. The van der Waals surface area contributed by atoms with Crippen LogP contribution in [0.1, 0.15) is 0 Å². The Balaban J connectivity index is 2.50. The summed E-state index contributed by atoms with van der Waals surface area (Å²) >= 11 is 0. The number of hydrogen-bond donors (Lipinski definition) is 1. The van der Waals surface area contributed by atoms with E-state index in [4.69, 9.17) is 15.3 Å². The van der Waals surface area contributed by atoms with Gasteiger partial charge in [-0.25, -0.2) is 0 Å². The molecule has 0 aromatic heterocycles. The number of aliphatic hydroxyl groups excluding tert-OH is 1. The van der Waals surface area contributed by atoms with E-state index in [1.54, 1.807) is 30.2 Å². The number of ether oxygens (including phenoxy) is 1. The molecule has 0 bridgehead atoms. The Kier molecular flexibility index (Phi) is 2.70. The molecule has 0 aliphatic carbocycles. The van der Waals surface area contributed by atoms with Gasteiger partial charge in [-0.05, 0) is 12.1 Å². The summed E-state index contributed by atoms with van der Waals surface area (Å²) in [6, 6.07) is 10.6. The smallest absolute Gasteiger partial charge is 0.218 e. The largest absolute Gasteiger partial charge is 0.437 e. The van der Waals surface area contributed by atoms with Crippen molar-refractivity contribution in [1.29, 1.82) is 10.5 Å². The van der Waals surface area contributed by atoms with E-state index in [-0.39, 0.29) is 11.5 Å². The number of nitriles is 2. The van der Waals surface area contributed by atoms with Crippen LogP contribution in [-0.2, 0) is 0 Å². The van der Waals surface area contributed by atoms with Gasteiger partial charge in [0.25, 0.3) is 0 Å². The molecule has 5 heteroatoms. The molecule has 0 saturated heterocycles. The highest BCUT2D eigenvalue weighted by molar-refractivity contribution is 5.67. The van der Waals surface area contributed by atoms with Gasteiger partial charge < -0.3 is 14.7 Å². The lowest BCUT2D eigenvalue weighted by Crippen LogP contribution is -2.20. The van der Waals surface area contributed by atoms with Crippen LogP contribution in [0.2, 0.25) is 0 Å². The first-order valence-electron chi connectivity index (χ1n) is 4.91. The zero-order valence-electron chi connectivity index (χ0n) is 9.08. The average molecular weight is 227 g/mol. The molecule has 0 spiro atoms. The molecule has 1 aliphatic rings. The molecule has 5 nitrogen and oxygen atoms in total. The lowest BCUT2D eigenvalue weighted by Gasteiger charge is -2.13. The lowest BCUT2D eigenvalue weighted by atomic mass is 10.2. The zero-order chi connectivity index (χ0) is 12.4. The van der Waals surface area contributed by atoms with Crippen LogP contribution in [0.5, 0.6) is 5.75 Å². The summed E-state index contributed by atoms with van der Waals surface area (Å²) in [6.45, 7) is 0. The first-order chi connectivity index (χ1) is 8.19. The number of nitrogens with zero attached hydrogens (tertiary/aromatic N) is 3. The van der Waals surface area contributed by atoms with Crippen LogP contribution in [0.3, 0.4) is 0 Å². The molecule has 0 amide bonds. The summed E-state index contributed by atoms with van der Waals surface area (Å²) in [6.07, 6.45) is -1.48. The van der Waals surface area contributed by atoms with Gasteiger partial charge in [0, 0.05) is 7.05 Å². The highest BCUT2D eigenvalue weighted by Gasteiger charge is 2.28. The number of benzene rings is 1. The van der Waals surface area contributed by atoms with Crippen LogP contribution in [-0.4, -0.2) is 18.3 Å². The Morgan fingerprint density at radius 3 is 2.71 bits per heavy atom. The number of fused-ring (bicyclic) bond motifs is 1. The third-order valence-electron chi connectivity index (χ3n) is 2.48. The van der Waals surface area contributed by atoms with Crippen LogP contribution in [0.25, 0.3) is 0 Å². The van der Waals surface area contributed by atoms with Crippen molar-refractivity contribution in [1.82, 2.24) is 0 Å². The van der Waals surface area contributed by atoms with E-state index < -0.39 is 6.10 Å². The molecule has 1 atom stereocenters. The van der Waals surface area contributed by atoms with Gasteiger partial charge in [0.15, 0.2) is 11.9 Å². The molecular weight excluding hydrogens is 218 g/mol. The van der Waals surface area contributed by atoms with Crippen molar-refractivity contribution in [3.05, 3.63) is 35.7 Å². The molecule has 1 aromatic rings. The van der Waals surface area contributed by atoms with Gasteiger partial charge in [0.1, 0.15) is 11.6 Å². The molecular formula is C12H9N3O2. The standard InChI is InChI=1S/C12H9N3O2/c1-15-9-4-2-3-5-11(9)17-12(15)8(6-13)10(16)7-14/h2-5,10,16H,1H3/b12-8-. The minimum Gasteiger partial charge on any atom is -0.437 e. The second-order valence-corrected chi connectivity index (χ2v) is 3.49. The summed E-state index contributed by atoms with van der Waals surface area (Å²) in [5, 5.41) is 27.0. The normalized spacial score (nSPS) is 17.5. The van der Waals surface area contributed by atoms with Crippen LogP contribution in [0.15, 0.2) is 35.7 Å². The third kappa shape index (κ3) is 1.69. The van der Waals surface area contributed by atoms with Crippen molar-refractivity contribution in [3.8, 4) is 17.9 Å². The van der Waals surface area contributed by atoms with Gasteiger partial charge in [-0.3, -0.25) is 0 Å².